The topological polar surface area (TPSA) is 38.3 Å². The number of esters is 1. The van der Waals surface area contributed by atoms with Crippen molar-refractivity contribution in [3.63, 3.8) is 0 Å². The molecule has 0 aliphatic heterocycles. The Labute approximate surface area is 111 Å². The minimum Gasteiger partial charge on any atom is -0.468 e. The number of hydrogen-bond donors (Lipinski definition) is 1. The summed E-state index contributed by atoms with van der Waals surface area (Å²) >= 11 is 5.79. The number of halogens is 2. The molecule has 1 aromatic carbocycles. The first-order valence-corrected chi connectivity index (χ1v) is 6.15. The number of carbonyl (C=O) groups is 1. The normalized spacial score (nSPS) is 14.1. The fourth-order valence-corrected chi connectivity index (χ4v) is 1.79. The SMILES string of the molecule is CCC(C)NC(C(=O)OC)c1cc(F)cc(Cl)c1. The average Bonchev–Trinajstić information content (AvgIpc) is 2.33. The summed E-state index contributed by atoms with van der Waals surface area (Å²) in [5.74, 6) is -0.936. The number of benzene rings is 1. The van der Waals surface area contributed by atoms with Gasteiger partial charge in [-0.2, -0.15) is 0 Å². The predicted molar refractivity (Wildman–Crippen MR) is 69.1 cm³/mol. The van der Waals surface area contributed by atoms with Crippen LogP contribution in [0.4, 0.5) is 4.39 Å². The first-order chi connectivity index (χ1) is 8.47. The molecule has 0 saturated heterocycles. The highest BCUT2D eigenvalue weighted by Gasteiger charge is 2.23. The zero-order chi connectivity index (χ0) is 13.7. The van der Waals surface area contributed by atoms with Crippen molar-refractivity contribution in [3.8, 4) is 0 Å². The molecule has 0 aliphatic carbocycles. The zero-order valence-corrected chi connectivity index (χ0v) is 11.4. The quantitative estimate of drug-likeness (QED) is 0.838. The van der Waals surface area contributed by atoms with Crippen molar-refractivity contribution in [2.75, 3.05) is 7.11 Å². The molecule has 1 aromatic rings. The van der Waals surface area contributed by atoms with E-state index in [0.717, 1.165) is 6.42 Å². The standard InChI is InChI=1S/C13H17ClFNO2/c1-4-8(2)16-12(13(17)18-3)9-5-10(14)7-11(15)6-9/h5-8,12,16H,4H2,1-3H3. The van der Waals surface area contributed by atoms with Gasteiger partial charge in [-0.05, 0) is 37.1 Å². The van der Waals surface area contributed by atoms with Crippen molar-refractivity contribution in [1.82, 2.24) is 5.32 Å². The van der Waals surface area contributed by atoms with Gasteiger partial charge in [0.1, 0.15) is 11.9 Å². The van der Waals surface area contributed by atoms with E-state index in [0.29, 0.717) is 5.56 Å². The van der Waals surface area contributed by atoms with Gasteiger partial charge in [-0.1, -0.05) is 18.5 Å². The lowest BCUT2D eigenvalue weighted by molar-refractivity contribution is -0.143. The predicted octanol–water partition coefficient (Wildman–Crippen LogP) is 3.08. The number of methoxy groups -OCH3 is 1. The molecule has 5 heteroatoms. The van der Waals surface area contributed by atoms with Crippen LogP contribution in [0.3, 0.4) is 0 Å². The summed E-state index contributed by atoms with van der Waals surface area (Å²) in [7, 11) is 1.30. The Kier molecular flexibility index (Phi) is 5.56. The second-order valence-corrected chi connectivity index (χ2v) is 4.57. The highest BCUT2D eigenvalue weighted by molar-refractivity contribution is 6.30. The Hall–Kier alpha value is -1.13. The average molecular weight is 274 g/mol. The van der Waals surface area contributed by atoms with Crippen LogP contribution < -0.4 is 5.32 Å². The van der Waals surface area contributed by atoms with Gasteiger partial charge in [-0.25, -0.2) is 9.18 Å². The Balaban J connectivity index is 3.04. The van der Waals surface area contributed by atoms with E-state index in [-0.39, 0.29) is 11.1 Å². The van der Waals surface area contributed by atoms with Gasteiger partial charge >= 0.3 is 5.97 Å². The van der Waals surface area contributed by atoms with E-state index in [2.05, 4.69) is 5.32 Å². The minimum atomic E-state index is -0.710. The first-order valence-electron chi connectivity index (χ1n) is 5.77. The van der Waals surface area contributed by atoms with Crippen LogP contribution in [0.1, 0.15) is 31.9 Å². The Morgan fingerprint density at radius 1 is 1.50 bits per heavy atom. The van der Waals surface area contributed by atoms with Crippen molar-refractivity contribution >= 4 is 17.6 Å². The molecule has 0 fully saturated rings. The van der Waals surface area contributed by atoms with E-state index >= 15 is 0 Å². The molecule has 0 spiro atoms. The molecule has 2 atom stereocenters. The van der Waals surface area contributed by atoms with Crippen LogP contribution in [0.25, 0.3) is 0 Å². The molecule has 100 valence electrons. The van der Waals surface area contributed by atoms with Crippen LogP contribution in [0.15, 0.2) is 18.2 Å². The van der Waals surface area contributed by atoms with Gasteiger partial charge in [0, 0.05) is 11.1 Å². The molecule has 2 unspecified atom stereocenters. The largest absolute Gasteiger partial charge is 0.468 e. The third kappa shape index (κ3) is 3.96. The van der Waals surface area contributed by atoms with Crippen LogP contribution in [0.2, 0.25) is 5.02 Å². The molecule has 0 aromatic heterocycles. The van der Waals surface area contributed by atoms with Gasteiger partial charge < -0.3 is 4.74 Å². The van der Waals surface area contributed by atoms with Crippen LogP contribution in [-0.4, -0.2) is 19.1 Å². The lowest BCUT2D eigenvalue weighted by atomic mass is 10.1. The maximum Gasteiger partial charge on any atom is 0.327 e. The third-order valence-corrected chi connectivity index (χ3v) is 2.94. The molecular weight excluding hydrogens is 257 g/mol. The highest BCUT2D eigenvalue weighted by atomic mass is 35.5. The van der Waals surface area contributed by atoms with Gasteiger partial charge in [-0.15, -0.1) is 0 Å². The van der Waals surface area contributed by atoms with Gasteiger partial charge in [0.25, 0.3) is 0 Å². The molecule has 3 nitrogen and oxygen atoms in total. The fraction of sp³-hybridized carbons (Fsp3) is 0.462. The van der Waals surface area contributed by atoms with Crippen molar-refractivity contribution in [3.05, 3.63) is 34.6 Å². The summed E-state index contributed by atoms with van der Waals surface area (Å²) in [4.78, 5) is 11.7. The summed E-state index contributed by atoms with van der Waals surface area (Å²) in [6, 6.07) is 3.43. The maximum absolute atomic E-state index is 13.3. The summed E-state index contributed by atoms with van der Waals surface area (Å²) in [5, 5.41) is 3.34. The summed E-state index contributed by atoms with van der Waals surface area (Å²) < 4.78 is 18.0. The van der Waals surface area contributed by atoms with Gasteiger partial charge in [0.15, 0.2) is 0 Å². The minimum absolute atomic E-state index is 0.108. The van der Waals surface area contributed by atoms with Crippen LogP contribution >= 0.6 is 11.6 Å². The number of carbonyl (C=O) groups excluding carboxylic acids is 1. The van der Waals surface area contributed by atoms with Crippen LogP contribution in [-0.2, 0) is 9.53 Å². The Morgan fingerprint density at radius 3 is 2.67 bits per heavy atom. The molecule has 1 N–H and O–H groups in total. The summed E-state index contributed by atoms with van der Waals surface area (Å²) in [6.07, 6.45) is 0.844. The van der Waals surface area contributed by atoms with E-state index in [1.54, 1.807) is 6.07 Å². The Bertz CT molecular complexity index is 405. The van der Waals surface area contributed by atoms with Gasteiger partial charge in [-0.3, -0.25) is 5.32 Å². The van der Waals surface area contributed by atoms with E-state index < -0.39 is 17.8 Å². The second-order valence-electron chi connectivity index (χ2n) is 4.13. The van der Waals surface area contributed by atoms with E-state index in [9.17, 15) is 9.18 Å². The monoisotopic (exact) mass is 273 g/mol. The second kappa shape index (κ2) is 6.71. The zero-order valence-electron chi connectivity index (χ0n) is 10.7. The molecular formula is C13H17ClFNO2. The molecule has 0 heterocycles. The molecule has 1 rings (SSSR count). The number of nitrogens with one attached hydrogen (secondary N) is 1. The molecule has 0 amide bonds. The van der Waals surface area contributed by atoms with Crippen molar-refractivity contribution < 1.29 is 13.9 Å². The lowest BCUT2D eigenvalue weighted by Gasteiger charge is -2.21. The number of rotatable bonds is 5. The molecule has 0 bridgehead atoms. The van der Waals surface area contributed by atoms with Gasteiger partial charge in [0.2, 0.25) is 0 Å². The van der Waals surface area contributed by atoms with Crippen molar-refractivity contribution in [2.24, 2.45) is 0 Å². The number of hydrogen-bond acceptors (Lipinski definition) is 3. The molecule has 18 heavy (non-hydrogen) atoms. The van der Waals surface area contributed by atoms with Gasteiger partial charge in [0.05, 0.1) is 7.11 Å². The fourth-order valence-electron chi connectivity index (χ4n) is 1.56. The van der Waals surface area contributed by atoms with E-state index in [4.69, 9.17) is 16.3 Å². The summed E-state index contributed by atoms with van der Waals surface area (Å²) in [5.41, 5.74) is 0.465. The Morgan fingerprint density at radius 2 is 2.17 bits per heavy atom. The van der Waals surface area contributed by atoms with Crippen LogP contribution in [0, 0.1) is 5.82 Å². The highest BCUT2D eigenvalue weighted by Crippen LogP contribution is 2.21. The van der Waals surface area contributed by atoms with Crippen molar-refractivity contribution in [1.29, 1.82) is 0 Å². The van der Waals surface area contributed by atoms with E-state index in [1.165, 1.54) is 19.2 Å². The lowest BCUT2D eigenvalue weighted by Crippen LogP contribution is -2.35. The maximum atomic E-state index is 13.3. The number of ether oxygens (including phenoxy) is 1. The van der Waals surface area contributed by atoms with Crippen molar-refractivity contribution in [2.45, 2.75) is 32.4 Å². The van der Waals surface area contributed by atoms with Crippen LogP contribution in [0.5, 0.6) is 0 Å². The molecule has 0 aliphatic rings. The molecule has 0 radical (unpaired) electrons. The van der Waals surface area contributed by atoms with E-state index in [1.807, 2.05) is 13.8 Å². The summed E-state index contributed by atoms with van der Waals surface area (Å²) in [6.45, 7) is 3.93. The smallest absolute Gasteiger partial charge is 0.327 e. The first kappa shape index (κ1) is 14.9. The third-order valence-electron chi connectivity index (χ3n) is 2.72. The molecule has 0 saturated carbocycles.